The molecule has 112 valence electrons. The van der Waals surface area contributed by atoms with Crippen LogP contribution in [0.5, 0.6) is 0 Å². The minimum atomic E-state index is -0.851. The molecular weight excluding hydrogens is 260 g/mol. The van der Waals surface area contributed by atoms with Crippen molar-refractivity contribution in [2.75, 3.05) is 6.54 Å². The van der Waals surface area contributed by atoms with E-state index in [0.29, 0.717) is 24.7 Å². The largest absolute Gasteiger partial charge is 0.481 e. The van der Waals surface area contributed by atoms with Crippen LogP contribution in [-0.4, -0.2) is 38.7 Å². The van der Waals surface area contributed by atoms with Gasteiger partial charge >= 0.3 is 5.97 Å². The number of carboxylic acids is 1. The van der Waals surface area contributed by atoms with Crippen LogP contribution in [0.15, 0.2) is 0 Å². The van der Waals surface area contributed by atoms with E-state index < -0.39 is 5.97 Å². The highest BCUT2D eigenvalue weighted by Gasteiger charge is 2.18. The Kier molecular flexibility index (Phi) is 6.14. The van der Waals surface area contributed by atoms with Crippen LogP contribution in [0.4, 0.5) is 0 Å². The molecule has 1 amide bonds. The summed E-state index contributed by atoms with van der Waals surface area (Å²) in [6, 6.07) is 0. The first kappa shape index (κ1) is 16.1. The van der Waals surface area contributed by atoms with Gasteiger partial charge in [0.15, 0.2) is 0 Å². The summed E-state index contributed by atoms with van der Waals surface area (Å²) in [6.07, 6.45) is 1.47. The minimum absolute atomic E-state index is 0.0483. The first-order valence-corrected chi connectivity index (χ1v) is 6.83. The SMILES string of the molecule is CCc1nc(C(=O)NCC(CC(=O)O)CC(C)C)n[nH]1. The predicted molar refractivity (Wildman–Crippen MR) is 73.3 cm³/mol. The number of nitrogens with zero attached hydrogens (tertiary/aromatic N) is 2. The fourth-order valence-electron chi connectivity index (χ4n) is 2.02. The van der Waals surface area contributed by atoms with Crippen molar-refractivity contribution in [1.29, 1.82) is 0 Å². The van der Waals surface area contributed by atoms with Gasteiger partial charge in [-0.2, -0.15) is 0 Å². The van der Waals surface area contributed by atoms with Crippen LogP contribution in [-0.2, 0) is 11.2 Å². The summed E-state index contributed by atoms with van der Waals surface area (Å²) < 4.78 is 0. The monoisotopic (exact) mass is 282 g/mol. The molecular formula is C13H22N4O3. The van der Waals surface area contributed by atoms with Crippen molar-refractivity contribution in [3.8, 4) is 0 Å². The molecule has 1 rings (SSSR count). The van der Waals surface area contributed by atoms with Crippen LogP contribution in [0.1, 0.15) is 50.1 Å². The third kappa shape index (κ3) is 5.38. The lowest BCUT2D eigenvalue weighted by atomic mass is 9.94. The summed E-state index contributed by atoms with van der Waals surface area (Å²) in [7, 11) is 0. The quantitative estimate of drug-likeness (QED) is 0.664. The Morgan fingerprint density at radius 3 is 2.60 bits per heavy atom. The standard InChI is InChI=1S/C13H22N4O3/c1-4-10-15-12(17-16-10)13(20)14-7-9(5-8(2)3)6-11(18)19/h8-9H,4-7H2,1-3H3,(H,14,20)(H,18,19)(H,15,16,17). The zero-order chi connectivity index (χ0) is 15.1. The summed E-state index contributed by atoms with van der Waals surface area (Å²) >= 11 is 0. The highest BCUT2D eigenvalue weighted by atomic mass is 16.4. The van der Waals surface area contributed by atoms with E-state index in [9.17, 15) is 9.59 Å². The normalized spacial score (nSPS) is 12.4. The minimum Gasteiger partial charge on any atom is -0.481 e. The lowest BCUT2D eigenvalue weighted by molar-refractivity contribution is -0.138. The lowest BCUT2D eigenvalue weighted by Gasteiger charge is -2.17. The van der Waals surface area contributed by atoms with E-state index in [1.54, 1.807) is 0 Å². The van der Waals surface area contributed by atoms with E-state index in [4.69, 9.17) is 5.11 Å². The van der Waals surface area contributed by atoms with Crippen LogP contribution in [0.3, 0.4) is 0 Å². The summed E-state index contributed by atoms with van der Waals surface area (Å²) in [5.41, 5.74) is 0. The van der Waals surface area contributed by atoms with Gasteiger partial charge in [-0.3, -0.25) is 14.7 Å². The zero-order valence-corrected chi connectivity index (χ0v) is 12.1. The van der Waals surface area contributed by atoms with E-state index >= 15 is 0 Å². The average Bonchev–Trinajstić information content (AvgIpc) is 2.83. The summed E-state index contributed by atoms with van der Waals surface area (Å²) in [5.74, 6) is -0.177. The molecule has 0 saturated heterocycles. The second-order valence-electron chi connectivity index (χ2n) is 5.26. The number of carbonyl (C=O) groups is 2. The maximum atomic E-state index is 11.8. The third-order valence-corrected chi connectivity index (χ3v) is 2.89. The number of hydrogen-bond donors (Lipinski definition) is 3. The van der Waals surface area contributed by atoms with Gasteiger partial charge in [0.2, 0.25) is 5.82 Å². The van der Waals surface area contributed by atoms with Crippen molar-refractivity contribution < 1.29 is 14.7 Å². The highest BCUT2D eigenvalue weighted by Crippen LogP contribution is 2.14. The van der Waals surface area contributed by atoms with Crippen molar-refractivity contribution in [1.82, 2.24) is 20.5 Å². The van der Waals surface area contributed by atoms with Gasteiger partial charge < -0.3 is 10.4 Å². The molecule has 0 bridgehead atoms. The van der Waals surface area contributed by atoms with Gasteiger partial charge in [-0.1, -0.05) is 20.8 Å². The van der Waals surface area contributed by atoms with Gasteiger partial charge in [0, 0.05) is 19.4 Å². The summed E-state index contributed by atoms with van der Waals surface area (Å²) in [6.45, 7) is 6.28. The van der Waals surface area contributed by atoms with E-state index in [0.717, 1.165) is 6.42 Å². The van der Waals surface area contributed by atoms with Crippen LogP contribution >= 0.6 is 0 Å². The predicted octanol–water partition coefficient (Wildman–Crippen LogP) is 1.23. The van der Waals surface area contributed by atoms with Crippen molar-refractivity contribution in [3.63, 3.8) is 0 Å². The first-order chi connectivity index (χ1) is 9.42. The van der Waals surface area contributed by atoms with E-state index in [1.807, 2.05) is 20.8 Å². The van der Waals surface area contributed by atoms with Gasteiger partial charge in [0.05, 0.1) is 0 Å². The van der Waals surface area contributed by atoms with E-state index in [1.165, 1.54) is 0 Å². The van der Waals surface area contributed by atoms with Crippen LogP contribution < -0.4 is 5.32 Å². The molecule has 1 atom stereocenters. The van der Waals surface area contributed by atoms with Crippen molar-refractivity contribution in [2.45, 2.75) is 40.0 Å². The van der Waals surface area contributed by atoms with Crippen molar-refractivity contribution in [3.05, 3.63) is 11.6 Å². The molecule has 0 spiro atoms. The average molecular weight is 282 g/mol. The number of aromatic amines is 1. The van der Waals surface area contributed by atoms with Crippen molar-refractivity contribution in [2.24, 2.45) is 11.8 Å². The number of hydrogen-bond acceptors (Lipinski definition) is 4. The van der Waals surface area contributed by atoms with Gasteiger partial charge in [0.25, 0.3) is 5.91 Å². The summed E-state index contributed by atoms with van der Waals surface area (Å²) in [4.78, 5) is 26.7. The third-order valence-electron chi connectivity index (χ3n) is 2.89. The van der Waals surface area contributed by atoms with E-state index in [-0.39, 0.29) is 24.1 Å². The Morgan fingerprint density at radius 2 is 2.10 bits per heavy atom. The molecule has 7 nitrogen and oxygen atoms in total. The Morgan fingerprint density at radius 1 is 1.40 bits per heavy atom. The molecule has 1 heterocycles. The van der Waals surface area contributed by atoms with Gasteiger partial charge in [0.1, 0.15) is 5.82 Å². The lowest BCUT2D eigenvalue weighted by Crippen LogP contribution is -2.31. The number of aryl methyl sites for hydroxylation is 1. The Bertz CT molecular complexity index is 456. The fraction of sp³-hybridized carbons (Fsp3) is 0.692. The maximum Gasteiger partial charge on any atom is 0.303 e. The number of amides is 1. The molecule has 0 aliphatic rings. The van der Waals surface area contributed by atoms with Crippen LogP contribution in [0.2, 0.25) is 0 Å². The second kappa shape index (κ2) is 7.62. The maximum absolute atomic E-state index is 11.8. The number of carboxylic acid groups (broad SMARTS) is 1. The molecule has 3 N–H and O–H groups in total. The molecule has 7 heteroatoms. The molecule has 0 aliphatic heterocycles. The van der Waals surface area contributed by atoms with Crippen molar-refractivity contribution >= 4 is 11.9 Å². The fourth-order valence-corrected chi connectivity index (χ4v) is 2.02. The van der Waals surface area contributed by atoms with Gasteiger partial charge in [-0.25, -0.2) is 4.98 Å². The molecule has 0 aromatic carbocycles. The summed E-state index contributed by atoms with van der Waals surface area (Å²) in [5, 5.41) is 18.1. The highest BCUT2D eigenvalue weighted by molar-refractivity contribution is 5.90. The topological polar surface area (TPSA) is 108 Å². The molecule has 0 saturated carbocycles. The number of carbonyl (C=O) groups excluding carboxylic acids is 1. The number of aromatic nitrogens is 3. The Balaban J connectivity index is 2.52. The second-order valence-corrected chi connectivity index (χ2v) is 5.26. The first-order valence-electron chi connectivity index (χ1n) is 6.83. The molecule has 1 unspecified atom stereocenters. The van der Waals surface area contributed by atoms with Gasteiger partial charge in [-0.15, -0.1) is 5.10 Å². The smallest absolute Gasteiger partial charge is 0.303 e. The molecule has 0 fully saturated rings. The van der Waals surface area contributed by atoms with Crippen LogP contribution in [0, 0.1) is 11.8 Å². The number of nitrogens with one attached hydrogen (secondary N) is 2. The van der Waals surface area contributed by atoms with Gasteiger partial charge in [-0.05, 0) is 18.3 Å². The Labute approximate surface area is 118 Å². The number of H-pyrrole nitrogens is 1. The van der Waals surface area contributed by atoms with Crippen LogP contribution in [0.25, 0.3) is 0 Å². The molecule has 20 heavy (non-hydrogen) atoms. The van der Waals surface area contributed by atoms with E-state index in [2.05, 4.69) is 20.5 Å². The number of rotatable bonds is 8. The molecule has 1 aromatic heterocycles. The number of aliphatic carboxylic acids is 1. The Hall–Kier alpha value is -1.92. The molecule has 0 radical (unpaired) electrons. The zero-order valence-electron chi connectivity index (χ0n) is 12.1. The molecule has 0 aliphatic carbocycles. The molecule has 1 aromatic rings.